The maximum atomic E-state index is 12.2. The number of rotatable bonds is 6. The molecule has 0 saturated heterocycles. The van der Waals surface area contributed by atoms with Crippen LogP contribution in [-0.2, 0) is 6.42 Å². The lowest BCUT2D eigenvalue weighted by Crippen LogP contribution is -2.13. The maximum absolute atomic E-state index is 12.2. The van der Waals surface area contributed by atoms with Gasteiger partial charge in [-0.25, -0.2) is 0 Å². The van der Waals surface area contributed by atoms with E-state index in [0.717, 1.165) is 12.1 Å². The second kappa shape index (κ2) is 8.11. The molecular formula is C20H20N4O2. The second-order valence-corrected chi connectivity index (χ2v) is 5.66. The first-order valence-corrected chi connectivity index (χ1v) is 8.33. The van der Waals surface area contributed by atoms with Crippen LogP contribution in [0.15, 0.2) is 60.7 Å². The number of aryl methyl sites for hydroxylation is 1. The minimum Gasteiger partial charge on any atom is -0.497 e. The van der Waals surface area contributed by atoms with Crippen LogP contribution in [0, 0.1) is 0 Å². The van der Waals surface area contributed by atoms with Crippen LogP contribution in [0.4, 0.5) is 17.3 Å². The molecule has 0 bridgehead atoms. The number of ether oxygens (including phenoxy) is 1. The largest absolute Gasteiger partial charge is 0.497 e. The number of nitrogens with zero attached hydrogens (tertiary/aromatic N) is 2. The minimum atomic E-state index is -0.252. The summed E-state index contributed by atoms with van der Waals surface area (Å²) in [6, 6.07) is 18.5. The van der Waals surface area contributed by atoms with Gasteiger partial charge in [-0.2, -0.15) is 0 Å². The summed E-state index contributed by atoms with van der Waals surface area (Å²) in [5.74, 6) is 1.44. The molecule has 1 heterocycles. The van der Waals surface area contributed by atoms with Gasteiger partial charge in [0.15, 0.2) is 11.6 Å². The van der Waals surface area contributed by atoms with Crippen LogP contribution in [0.3, 0.4) is 0 Å². The normalized spacial score (nSPS) is 10.2. The summed E-state index contributed by atoms with van der Waals surface area (Å²) in [7, 11) is 1.58. The molecule has 2 aromatic carbocycles. The molecule has 1 amide bonds. The van der Waals surface area contributed by atoms with Crippen molar-refractivity contribution >= 4 is 23.2 Å². The Morgan fingerprint density at radius 1 is 0.923 bits per heavy atom. The number of amides is 1. The summed E-state index contributed by atoms with van der Waals surface area (Å²) in [5, 5.41) is 14.0. The standard InChI is InChI=1S/C20H20N4O2/c1-3-14-4-8-16(9-5-14)21-18-12-13-19(24-23-18)22-20(25)15-6-10-17(26-2)11-7-15/h4-13H,3H2,1-2H3,(H,21,23)(H,22,24,25). The van der Waals surface area contributed by atoms with Crippen molar-refractivity contribution in [1.82, 2.24) is 10.2 Å². The molecule has 0 spiro atoms. The van der Waals surface area contributed by atoms with Crippen LogP contribution in [0.1, 0.15) is 22.8 Å². The number of hydrogen-bond acceptors (Lipinski definition) is 5. The summed E-state index contributed by atoms with van der Waals surface area (Å²) >= 11 is 0. The van der Waals surface area contributed by atoms with Gasteiger partial charge in [0.05, 0.1) is 7.11 Å². The molecule has 0 aliphatic heterocycles. The van der Waals surface area contributed by atoms with Gasteiger partial charge in [-0.05, 0) is 60.5 Å². The molecule has 0 aliphatic carbocycles. The van der Waals surface area contributed by atoms with Gasteiger partial charge >= 0.3 is 0 Å². The third-order valence-electron chi connectivity index (χ3n) is 3.89. The summed E-state index contributed by atoms with van der Waals surface area (Å²) < 4.78 is 5.08. The second-order valence-electron chi connectivity index (χ2n) is 5.66. The number of hydrogen-bond donors (Lipinski definition) is 2. The summed E-state index contributed by atoms with van der Waals surface area (Å²) in [6.07, 6.45) is 1.00. The van der Waals surface area contributed by atoms with Crippen molar-refractivity contribution in [2.75, 3.05) is 17.7 Å². The zero-order chi connectivity index (χ0) is 18.4. The zero-order valence-electron chi connectivity index (χ0n) is 14.7. The van der Waals surface area contributed by atoms with Crippen LogP contribution in [-0.4, -0.2) is 23.2 Å². The topological polar surface area (TPSA) is 76.1 Å². The lowest BCUT2D eigenvalue weighted by molar-refractivity contribution is 0.102. The molecule has 26 heavy (non-hydrogen) atoms. The smallest absolute Gasteiger partial charge is 0.256 e. The van der Waals surface area contributed by atoms with Gasteiger partial charge in [0, 0.05) is 11.3 Å². The van der Waals surface area contributed by atoms with Crippen LogP contribution in [0.5, 0.6) is 5.75 Å². The van der Waals surface area contributed by atoms with Crippen molar-refractivity contribution in [2.45, 2.75) is 13.3 Å². The molecule has 0 aliphatic rings. The number of carbonyl (C=O) groups is 1. The molecule has 1 aromatic heterocycles. The number of methoxy groups -OCH3 is 1. The predicted molar refractivity (Wildman–Crippen MR) is 102 cm³/mol. The van der Waals surface area contributed by atoms with E-state index in [1.165, 1.54) is 5.56 Å². The highest BCUT2D eigenvalue weighted by molar-refractivity contribution is 6.03. The van der Waals surface area contributed by atoms with E-state index in [1.807, 2.05) is 12.1 Å². The van der Waals surface area contributed by atoms with Gasteiger partial charge in [0.2, 0.25) is 0 Å². The van der Waals surface area contributed by atoms with Gasteiger partial charge in [0.1, 0.15) is 5.75 Å². The molecule has 6 heteroatoms. The lowest BCUT2D eigenvalue weighted by Gasteiger charge is -2.08. The molecule has 3 rings (SSSR count). The van der Waals surface area contributed by atoms with E-state index >= 15 is 0 Å². The third-order valence-corrected chi connectivity index (χ3v) is 3.89. The fraction of sp³-hybridized carbons (Fsp3) is 0.150. The minimum absolute atomic E-state index is 0.252. The van der Waals surface area contributed by atoms with Crippen LogP contribution in [0.25, 0.3) is 0 Å². The molecule has 0 atom stereocenters. The van der Waals surface area contributed by atoms with Gasteiger partial charge < -0.3 is 15.4 Å². The third kappa shape index (κ3) is 4.36. The van der Waals surface area contributed by atoms with E-state index in [2.05, 4.69) is 39.9 Å². The highest BCUT2D eigenvalue weighted by Gasteiger charge is 2.07. The first-order valence-electron chi connectivity index (χ1n) is 8.33. The summed E-state index contributed by atoms with van der Waals surface area (Å²) in [5.41, 5.74) is 2.73. The number of benzene rings is 2. The Bertz CT molecular complexity index is 860. The highest BCUT2D eigenvalue weighted by atomic mass is 16.5. The molecule has 132 valence electrons. The SMILES string of the molecule is CCc1ccc(Nc2ccc(NC(=O)c3ccc(OC)cc3)nn2)cc1. The highest BCUT2D eigenvalue weighted by Crippen LogP contribution is 2.17. The Labute approximate surface area is 152 Å². The molecule has 2 N–H and O–H groups in total. The summed E-state index contributed by atoms with van der Waals surface area (Å²) in [6.45, 7) is 2.12. The average Bonchev–Trinajstić information content (AvgIpc) is 2.70. The van der Waals surface area contributed by atoms with E-state index in [0.29, 0.717) is 22.9 Å². The first-order chi connectivity index (χ1) is 12.7. The van der Waals surface area contributed by atoms with E-state index in [1.54, 1.807) is 43.5 Å². The van der Waals surface area contributed by atoms with E-state index < -0.39 is 0 Å². The molecule has 0 radical (unpaired) electrons. The van der Waals surface area contributed by atoms with Gasteiger partial charge in [0.25, 0.3) is 5.91 Å². The molecule has 6 nitrogen and oxygen atoms in total. The van der Waals surface area contributed by atoms with Gasteiger partial charge in [-0.1, -0.05) is 19.1 Å². The van der Waals surface area contributed by atoms with Crippen LogP contribution >= 0.6 is 0 Å². The van der Waals surface area contributed by atoms with Crippen molar-refractivity contribution in [2.24, 2.45) is 0 Å². The van der Waals surface area contributed by atoms with Crippen LogP contribution < -0.4 is 15.4 Å². The van der Waals surface area contributed by atoms with E-state index in [-0.39, 0.29) is 5.91 Å². The predicted octanol–water partition coefficient (Wildman–Crippen LogP) is 4.04. The fourth-order valence-corrected chi connectivity index (χ4v) is 2.37. The Hall–Kier alpha value is -3.41. The molecule has 0 saturated carbocycles. The maximum Gasteiger partial charge on any atom is 0.256 e. The Morgan fingerprint density at radius 3 is 2.15 bits per heavy atom. The van der Waals surface area contributed by atoms with Gasteiger partial charge in [-0.15, -0.1) is 10.2 Å². The Morgan fingerprint density at radius 2 is 1.58 bits per heavy atom. The fourth-order valence-electron chi connectivity index (χ4n) is 2.37. The molecule has 0 fully saturated rings. The quantitative estimate of drug-likeness (QED) is 0.703. The van der Waals surface area contributed by atoms with Crippen LogP contribution in [0.2, 0.25) is 0 Å². The van der Waals surface area contributed by atoms with Crippen molar-refractivity contribution in [3.8, 4) is 5.75 Å². The van der Waals surface area contributed by atoms with E-state index in [4.69, 9.17) is 4.74 Å². The summed E-state index contributed by atoms with van der Waals surface area (Å²) in [4.78, 5) is 12.2. The number of carbonyl (C=O) groups excluding carboxylic acids is 1. The van der Waals surface area contributed by atoms with Crippen molar-refractivity contribution in [3.05, 3.63) is 71.8 Å². The van der Waals surface area contributed by atoms with E-state index in [9.17, 15) is 4.79 Å². The molecule has 3 aromatic rings. The average molecular weight is 348 g/mol. The number of anilines is 3. The Kier molecular flexibility index (Phi) is 5.43. The van der Waals surface area contributed by atoms with Gasteiger partial charge in [-0.3, -0.25) is 4.79 Å². The Balaban J connectivity index is 1.62. The molecular weight excluding hydrogens is 328 g/mol. The number of nitrogens with one attached hydrogen (secondary N) is 2. The molecule has 0 unspecified atom stereocenters. The number of aromatic nitrogens is 2. The van der Waals surface area contributed by atoms with Crippen molar-refractivity contribution in [3.63, 3.8) is 0 Å². The van der Waals surface area contributed by atoms with Crippen molar-refractivity contribution in [1.29, 1.82) is 0 Å². The monoisotopic (exact) mass is 348 g/mol. The van der Waals surface area contributed by atoms with Crippen molar-refractivity contribution < 1.29 is 9.53 Å². The lowest BCUT2D eigenvalue weighted by atomic mass is 10.1. The first kappa shape index (κ1) is 17.4. The zero-order valence-corrected chi connectivity index (χ0v) is 14.7.